The molecule has 3 heteroatoms. The van der Waals surface area contributed by atoms with Crippen LogP contribution in [0, 0.1) is 0 Å². The minimum absolute atomic E-state index is 0.572. The monoisotopic (exact) mass is 169 g/mol. The maximum absolute atomic E-state index is 10.5. The maximum Gasteiger partial charge on any atom is 0.331 e. The summed E-state index contributed by atoms with van der Waals surface area (Å²) in [7, 11) is 0. The number of aliphatic carboxylic acids is 1. The van der Waals surface area contributed by atoms with Crippen LogP contribution in [0.1, 0.15) is 19.8 Å². The Morgan fingerprint density at radius 3 is 2.92 bits per heavy atom. The molecule has 3 nitrogen and oxygen atoms in total. The molecule has 1 aliphatic heterocycles. The second-order valence-electron chi connectivity index (χ2n) is 3.09. The van der Waals surface area contributed by atoms with E-state index in [9.17, 15) is 4.79 Å². The van der Waals surface area contributed by atoms with Crippen molar-refractivity contribution < 1.29 is 9.90 Å². The van der Waals surface area contributed by atoms with Crippen LogP contribution in [-0.4, -0.2) is 35.6 Å². The Kier molecular flexibility index (Phi) is 3.29. The average Bonchev–Trinajstić information content (AvgIpc) is 2.06. The molecular weight excluding hydrogens is 154 g/mol. The Morgan fingerprint density at radius 1 is 1.75 bits per heavy atom. The summed E-state index contributed by atoms with van der Waals surface area (Å²) in [6.45, 7) is 4.90. The fraction of sp³-hybridized carbons (Fsp3) is 0.667. The SMILES string of the molecule is CCCN1CC=C(C(=O)O)CC1. The summed E-state index contributed by atoms with van der Waals surface area (Å²) in [4.78, 5) is 12.8. The van der Waals surface area contributed by atoms with Gasteiger partial charge in [-0.1, -0.05) is 13.0 Å². The highest BCUT2D eigenvalue weighted by Crippen LogP contribution is 2.10. The van der Waals surface area contributed by atoms with Crippen molar-refractivity contribution in [2.45, 2.75) is 19.8 Å². The molecule has 0 spiro atoms. The van der Waals surface area contributed by atoms with Gasteiger partial charge in [0, 0.05) is 18.7 Å². The molecule has 0 aromatic carbocycles. The highest BCUT2D eigenvalue weighted by molar-refractivity contribution is 5.86. The topological polar surface area (TPSA) is 40.5 Å². The zero-order valence-electron chi connectivity index (χ0n) is 7.42. The molecule has 0 aromatic rings. The summed E-state index contributed by atoms with van der Waals surface area (Å²) < 4.78 is 0. The van der Waals surface area contributed by atoms with Crippen molar-refractivity contribution in [3.8, 4) is 0 Å². The van der Waals surface area contributed by atoms with E-state index >= 15 is 0 Å². The first-order valence-electron chi connectivity index (χ1n) is 4.38. The van der Waals surface area contributed by atoms with Gasteiger partial charge < -0.3 is 5.11 Å². The van der Waals surface area contributed by atoms with Crippen LogP contribution < -0.4 is 0 Å². The Bertz CT molecular complexity index is 199. The molecule has 1 rings (SSSR count). The molecule has 0 saturated heterocycles. The molecule has 0 atom stereocenters. The normalized spacial score (nSPS) is 18.9. The Balaban J connectivity index is 2.42. The van der Waals surface area contributed by atoms with Crippen molar-refractivity contribution in [2.24, 2.45) is 0 Å². The van der Waals surface area contributed by atoms with E-state index in [4.69, 9.17) is 5.11 Å². The minimum Gasteiger partial charge on any atom is -0.478 e. The minimum atomic E-state index is -0.758. The smallest absolute Gasteiger partial charge is 0.331 e. The fourth-order valence-corrected chi connectivity index (χ4v) is 1.42. The summed E-state index contributed by atoms with van der Waals surface area (Å²) >= 11 is 0. The van der Waals surface area contributed by atoms with Crippen LogP contribution in [0.4, 0.5) is 0 Å². The van der Waals surface area contributed by atoms with E-state index in [0.717, 1.165) is 26.1 Å². The third-order valence-corrected chi connectivity index (χ3v) is 2.11. The fourth-order valence-electron chi connectivity index (χ4n) is 1.42. The zero-order chi connectivity index (χ0) is 8.97. The van der Waals surface area contributed by atoms with Crippen LogP contribution in [0.2, 0.25) is 0 Å². The first kappa shape index (κ1) is 9.26. The molecule has 68 valence electrons. The highest BCUT2D eigenvalue weighted by Gasteiger charge is 2.14. The van der Waals surface area contributed by atoms with E-state index in [1.165, 1.54) is 0 Å². The average molecular weight is 169 g/mol. The molecule has 1 N–H and O–H groups in total. The lowest BCUT2D eigenvalue weighted by Crippen LogP contribution is -2.30. The summed E-state index contributed by atoms with van der Waals surface area (Å²) in [5.41, 5.74) is 0.572. The van der Waals surface area contributed by atoms with Crippen LogP contribution in [-0.2, 0) is 4.79 Å². The van der Waals surface area contributed by atoms with Gasteiger partial charge >= 0.3 is 5.97 Å². The number of hydrogen-bond acceptors (Lipinski definition) is 2. The molecule has 0 bridgehead atoms. The van der Waals surface area contributed by atoms with Crippen LogP contribution in [0.15, 0.2) is 11.6 Å². The molecular formula is C9H15NO2. The molecule has 0 fully saturated rings. The number of carboxylic acid groups (broad SMARTS) is 1. The van der Waals surface area contributed by atoms with Gasteiger partial charge in [-0.2, -0.15) is 0 Å². The van der Waals surface area contributed by atoms with Crippen LogP contribution in [0.3, 0.4) is 0 Å². The van der Waals surface area contributed by atoms with E-state index < -0.39 is 5.97 Å². The second-order valence-corrected chi connectivity index (χ2v) is 3.09. The van der Waals surface area contributed by atoms with Crippen molar-refractivity contribution in [3.05, 3.63) is 11.6 Å². The standard InChI is InChI=1S/C9H15NO2/c1-2-5-10-6-3-8(4-7-10)9(11)12/h3H,2,4-7H2,1H3,(H,11,12). The summed E-state index contributed by atoms with van der Waals surface area (Å²) in [6, 6.07) is 0. The molecule has 0 unspecified atom stereocenters. The maximum atomic E-state index is 10.5. The molecule has 0 radical (unpaired) electrons. The van der Waals surface area contributed by atoms with Gasteiger partial charge in [-0.15, -0.1) is 0 Å². The largest absolute Gasteiger partial charge is 0.478 e. The van der Waals surface area contributed by atoms with Gasteiger partial charge in [0.2, 0.25) is 0 Å². The van der Waals surface area contributed by atoms with Crippen LogP contribution >= 0.6 is 0 Å². The van der Waals surface area contributed by atoms with E-state index in [-0.39, 0.29) is 0 Å². The quantitative estimate of drug-likeness (QED) is 0.688. The Labute approximate surface area is 72.7 Å². The van der Waals surface area contributed by atoms with Crippen molar-refractivity contribution in [1.82, 2.24) is 4.90 Å². The number of hydrogen-bond donors (Lipinski definition) is 1. The molecule has 0 saturated carbocycles. The summed E-state index contributed by atoms with van der Waals surface area (Å²) in [5, 5.41) is 8.67. The lowest BCUT2D eigenvalue weighted by atomic mass is 10.1. The van der Waals surface area contributed by atoms with Crippen molar-refractivity contribution in [3.63, 3.8) is 0 Å². The highest BCUT2D eigenvalue weighted by atomic mass is 16.4. The van der Waals surface area contributed by atoms with Gasteiger partial charge in [0.05, 0.1) is 0 Å². The first-order chi connectivity index (χ1) is 5.74. The predicted octanol–water partition coefficient (Wildman–Crippen LogP) is 1.11. The third kappa shape index (κ3) is 2.34. The molecule has 0 amide bonds. The third-order valence-electron chi connectivity index (χ3n) is 2.11. The van der Waals surface area contributed by atoms with Crippen molar-refractivity contribution >= 4 is 5.97 Å². The lowest BCUT2D eigenvalue weighted by Gasteiger charge is -2.24. The first-order valence-corrected chi connectivity index (χ1v) is 4.38. The number of nitrogens with zero attached hydrogens (tertiary/aromatic N) is 1. The van der Waals surface area contributed by atoms with Crippen molar-refractivity contribution in [2.75, 3.05) is 19.6 Å². The predicted molar refractivity (Wildman–Crippen MR) is 47.1 cm³/mol. The molecule has 1 aliphatic rings. The van der Waals surface area contributed by atoms with Gasteiger partial charge in [-0.05, 0) is 19.4 Å². The van der Waals surface area contributed by atoms with E-state index in [2.05, 4.69) is 11.8 Å². The summed E-state index contributed by atoms with van der Waals surface area (Å²) in [5.74, 6) is -0.758. The molecule has 0 aromatic heterocycles. The van der Waals surface area contributed by atoms with Gasteiger partial charge in [-0.25, -0.2) is 4.79 Å². The van der Waals surface area contributed by atoms with Crippen LogP contribution in [0.5, 0.6) is 0 Å². The summed E-state index contributed by atoms with van der Waals surface area (Å²) in [6.07, 6.45) is 3.65. The van der Waals surface area contributed by atoms with Gasteiger partial charge in [-0.3, -0.25) is 4.90 Å². The second kappa shape index (κ2) is 4.26. The van der Waals surface area contributed by atoms with Crippen molar-refractivity contribution in [1.29, 1.82) is 0 Å². The molecule has 12 heavy (non-hydrogen) atoms. The lowest BCUT2D eigenvalue weighted by molar-refractivity contribution is -0.133. The number of rotatable bonds is 3. The Morgan fingerprint density at radius 2 is 2.50 bits per heavy atom. The van der Waals surface area contributed by atoms with Crippen LogP contribution in [0.25, 0.3) is 0 Å². The molecule has 1 heterocycles. The number of carboxylic acids is 1. The molecule has 0 aliphatic carbocycles. The number of carbonyl (C=O) groups is 1. The zero-order valence-corrected chi connectivity index (χ0v) is 7.42. The van der Waals surface area contributed by atoms with E-state index in [1.54, 1.807) is 0 Å². The van der Waals surface area contributed by atoms with Gasteiger partial charge in [0.1, 0.15) is 0 Å². The van der Waals surface area contributed by atoms with Gasteiger partial charge in [0.25, 0.3) is 0 Å². The Hall–Kier alpha value is -0.830. The van der Waals surface area contributed by atoms with E-state index in [0.29, 0.717) is 12.0 Å². The van der Waals surface area contributed by atoms with E-state index in [1.807, 2.05) is 6.08 Å². The van der Waals surface area contributed by atoms with Gasteiger partial charge in [0.15, 0.2) is 0 Å².